The Kier molecular flexibility index (Phi) is 4.20. The van der Waals surface area contributed by atoms with E-state index in [1.54, 1.807) is 12.3 Å². The summed E-state index contributed by atoms with van der Waals surface area (Å²) in [4.78, 5) is 4.47. The average Bonchev–Trinajstić information content (AvgIpc) is 3.01. The molecule has 3 aliphatic carbocycles. The largest absolute Gasteiger partial charge is 0.489 e. The first-order chi connectivity index (χ1) is 13.9. The Balaban J connectivity index is 1.15. The van der Waals surface area contributed by atoms with Crippen molar-refractivity contribution in [3.63, 3.8) is 0 Å². The monoisotopic (exact) mass is 417 g/mol. The second-order valence-electron chi connectivity index (χ2n) is 8.15. The van der Waals surface area contributed by atoms with Crippen molar-refractivity contribution < 1.29 is 14.2 Å². The number of aryl methyl sites for hydroxylation is 1. The van der Waals surface area contributed by atoms with Crippen LogP contribution in [-0.4, -0.2) is 43.6 Å². The summed E-state index contributed by atoms with van der Waals surface area (Å²) in [7, 11) is 0. The standard InChI is InChI=1S/C20H21ClFN5O2/c1-12-6-16-18(23-4-5-27(16)26-12)25-20-9-19(10-20,11-20)24-17(28)8-29-13-2-3-14(21)15(22)7-13/h2-7,17,24,28H,8-11H2,1H3,(H,23,25). The van der Waals surface area contributed by atoms with Crippen molar-refractivity contribution in [3.8, 4) is 5.75 Å². The second-order valence-corrected chi connectivity index (χ2v) is 8.56. The molecule has 1 unspecified atom stereocenters. The van der Waals surface area contributed by atoms with E-state index in [0.29, 0.717) is 5.75 Å². The number of hydrogen-bond donors (Lipinski definition) is 3. The lowest BCUT2D eigenvalue weighted by Gasteiger charge is -2.71. The van der Waals surface area contributed by atoms with Crippen LogP contribution < -0.4 is 15.4 Å². The third-order valence-corrected chi connectivity index (χ3v) is 6.00. The van der Waals surface area contributed by atoms with Gasteiger partial charge in [-0.25, -0.2) is 13.9 Å². The lowest BCUT2D eigenvalue weighted by atomic mass is 9.44. The van der Waals surface area contributed by atoms with E-state index in [0.717, 1.165) is 36.3 Å². The summed E-state index contributed by atoms with van der Waals surface area (Å²) < 4.78 is 20.7. The zero-order valence-electron chi connectivity index (χ0n) is 15.8. The van der Waals surface area contributed by atoms with E-state index in [2.05, 4.69) is 20.7 Å². The van der Waals surface area contributed by atoms with Crippen LogP contribution in [0.3, 0.4) is 0 Å². The minimum atomic E-state index is -0.842. The van der Waals surface area contributed by atoms with Crippen LogP contribution in [-0.2, 0) is 0 Å². The van der Waals surface area contributed by atoms with E-state index in [1.807, 2.05) is 23.7 Å². The van der Waals surface area contributed by atoms with Gasteiger partial charge < -0.3 is 15.2 Å². The first-order valence-corrected chi connectivity index (χ1v) is 9.86. The Morgan fingerprint density at radius 2 is 2.10 bits per heavy atom. The number of benzene rings is 1. The van der Waals surface area contributed by atoms with Gasteiger partial charge in [0.2, 0.25) is 0 Å². The summed E-state index contributed by atoms with van der Waals surface area (Å²) in [6.07, 6.45) is 5.41. The summed E-state index contributed by atoms with van der Waals surface area (Å²) in [5.74, 6) is 0.616. The van der Waals surface area contributed by atoms with Crippen molar-refractivity contribution in [2.75, 3.05) is 11.9 Å². The summed E-state index contributed by atoms with van der Waals surface area (Å²) in [6, 6.07) is 6.22. The molecule has 1 aromatic carbocycles. The molecular weight excluding hydrogens is 397 g/mol. The SMILES string of the molecule is Cc1cc2c(NC34CC(NC(O)COc5ccc(Cl)c(F)c5)(C3)C4)nccn2n1. The highest BCUT2D eigenvalue weighted by Gasteiger charge is 2.68. The number of rotatable bonds is 7. The molecule has 6 rings (SSSR count). The minimum absolute atomic E-state index is 0.0000963. The van der Waals surface area contributed by atoms with Gasteiger partial charge >= 0.3 is 0 Å². The van der Waals surface area contributed by atoms with Crippen LogP contribution >= 0.6 is 11.6 Å². The predicted molar refractivity (Wildman–Crippen MR) is 107 cm³/mol. The molecule has 0 amide bonds. The van der Waals surface area contributed by atoms with Gasteiger partial charge in [-0.3, -0.25) is 5.32 Å². The van der Waals surface area contributed by atoms with Gasteiger partial charge in [0.1, 0.15) is 29.9 Å². The Morgan fingerprint density at radius 1 is 1.31 bits per heavy atom. The predicted octanol–water partition coefficient (Wildman–Crippen LogP) is 2.90. The maximum absolute atomic E-state index is 13.5. The molecule has 0 aliphatic heterocycles. The Bertz CT molecular complexity index is 1070. The van der Waals surface area contributed by atoms with E-state index in [-0.39, 0.29) is 22.7 Å². The lowest BCUT2D eigenvalue weighted by Crippen LogP contribution is -2.82. The molecule has 0 spiro atoms. The van der Waals surface area contributed by atoms with Crippen LogP contribution in [0, 0.1) is 12.7 Å². The number of aliphatic hydroxyl groups excluding tert-OH is 1. The Morgan fingerprint density at radius 3 is 2.86 bits per heavy atom. The van der Waals surface area contributed by atoms with Crippen LogP contribution in [0.1, 0.15) is 25.0 Å². The zero-order chi connectivity index (χ0) is 20.2. The van der Waals surface area contributed by atoms with Gasteiger partial charge in [-0.2, -0.15) is 5.10 Å². The van der Waals surface area contributed by atoms with Crippen molar-refractivity contribution >= 4 is 22.9 Å². The third kappa shape index (κ3) is 3.31. The molecule has 3 saturated carbocycles. The molecule has 29 heavy (non-hydrogen) atoms. The molecular formula is C20H21ClFN5O2. The molecule has 7 nitrogen and oxygen atoms in total. The van der Waals surface area contributed by atoms with Crippen LogP contribution in [0.5, 0.6) is 5.75 Å². The van der Waals surface area contributed by atoms with Crippen LogP contribution in [0.15, 0.2) is 36.7 Å². The minimum Gasteiger partial charge on any atom is -0.489 e. The van der Waals surface area contributed by atoms with E-state index >= 15 is 0 Å². The summed E-state index contributed by atoms with van der Waals surface area (Å²) in [5, 5.41) is 21.5. The van der Waals surface area contributed by atoms with E-state index in [4.69, 9.17) is 16.3 Å². The van der Waals surface area contributed by atoms with Crippen molar-refractivity contribution in [1.29, 1.82) is 0 Å². The number of aromatic nitrogens is 3. The first-order valence-electron chi connectivity index (χ1n) is 9.48. The number of halogens is 2. The molecule has 2 aromatic heterocycles. The zero-order valence-corrected chi connectivity index (χ0v) is 16.6. The van der Waals surface area contributed by atoms with E-state index < -0.39 is 12.0 Å². The van der Waals surface area contributed by atoms with Crippen molar-refractivity contribution in [2.45, 2.75) is 43.5 Å². The summed E-state index contributed by atoms with van der Waals surface area (Å²) in [6.45, 7) is 1.98. The molecule has 1 atom stereocenters. The van der Waals surface area contributed by atoms with E-state index in [1.165, 1.54) is 12.1 Å². The number of nitrogens with one attached hydrogen (secondary N) is 2. The van der Waals surface area contributed by atoms with Crippen molar-refractivity contribution in [1.82, 2.24) is 19.9 Å². The average molecular weight is 418 g/mol. The molecule has 152 valence electrons. The highest BCUT2D eigenvalue weighted by molar-refractivity contribution is 6.30. The van der Waals surface area contributed by atoms with Crippen molar-refractivity contribution in [2.24, 2.45) is 0 Å². The number of ether oxygens (including phenoxy) is 1. The Hall–Kier alpha value is -2.42. The first kappa shape index (κ1) is 18.6. The second kappa shape index (κ2) is 6.55. The third-order valence-electron chi connectivity index (χ3n) is 5.70. The van der Waals surface area contributed by atoms with Crippen molar-refractivity contribution in [3.05, 3.63) is 53.2 Å². The molecule has 0 radical (unpaired) electrons. The highest BCUT2D eigenvalue weighted by Crippen LogP contribution is 2.62. The fourth-order valence-corrected chi connectivity index (χ4v) is 4.72. The van der Waals surface area contributed by atoms with Crippen LogP contribution in [0.25, 0.3) is 5.52 Å². The number of anilines is 1. The molecule has 3 aliphatic rings. The van der Waals surface area contributed by atoms with Gasteiger partial charge in [0.05, 0.1) is 10.7 Å². The van der Waals surface area contributed by atoms with Crippen LogP contribution in [0.4, 0.5) is 10.2 Å². The summed E-state index contributed by atoms with van der Waals surface area (Å²) >= 11 is 5.66. The van der Waals surface area contributed by atoms with Gasteiger partial charge in [0.15, 0.2) is 5.82 Å². The van der Waals surface area contributed by atoms with Gasteiger partial charge in [-0.15, -0.1) is 0 Å². The van der Waals surface area contributed by atoms with Gasteiger partial charge in [0, 0.05) is 29.5 Å². The molecule has 2 bridgehead atoms. The van der Waals surface area contributed by atoms with Gasteiger partial charge in [0.25, 0.3) is 0 Å². The van der Waals surface area contributed by atoms with Gasteiger partial charge in [-0.1, -0.05) is 11.6 Å². The highest BCUT2D eigenvalue weighted by atomic mass is 35.5. The number of nitrogens with zero attached hydrogens (tertiary/aromatic N) is 3. The molecule has 0 saturated heterocycles. The molecule has 9 heteroatoms. The Labute approximate surface area is 171 Å². The maximum Gasteiger partial charge on any atom is 0.152 e. The fourth-order valence-electron chi connectivity index (χ4n) is 4.60. The smallest absolute Gasteiger partial charge is 0.152 e. The molecule has 3 aromatic rings. The number of fused-ring (bicyclic) bond motifs is 1. The summed E-state index contributed by atoms with van der Waals surface area (Å²) in [5.41, 5.74) is 1.81. The quantitative estimate of drug-likeness (QED) is 0.513. The van der Waals surface area contributed by atoms with Crippen LogP contribution in [0.2, 0.25) is 5.02 Å². The molecule has 3 N–H and O–H groups in total. The number of hydrogen-bond acceptors (Lipinski definition) is 6. The maximum atomic E-state index is 13.5. The fraction of sp³-hybridized carbons (Fsp3) is 0.400. The van der Waals surface area contributed by atoms with Gasteiger partial charge in [-0.05, 0) is 44.4 Å². The topological polar surface area (TPSA) is 83.7 Å². The van der Waals surface area contributed by atoms with E-state index in [9.17, 15) is 9.50 Å². The molecule has 2 heterocycles. The normalized spacial score (nSPS) is 25.9. The lowest BCUT2D eigenvalue weighted by molar-refractivity contribution is -0.101. The number of aliphatic hydroxyl groups is 1. The molecule has 3 fully saturated rings.